The lowest BCUT2D eigenvalue weighted by atomic mass is 9.93. The monoisotopic (exact) mass is 263 g/mol. The number of aromatic hydroxyl groups is 2. The summed E-state index contributed by atoms with van der Waals surface area (Å²) in [6.45, 7) is 3.00. The fourth-order valence-electron chi connectivity index (χ4n) is 2.94. The van der Waals surface area contributed by atoms with Gasteiger partial charge in [0.15, 0.2) is 11.5 Å². The maximum Gasteiger partial charge on any atom is 0.157 e. The highest BCUT2D eigenvalue weighted by atomic mass is 16.3. The highest BCUT2D eigenvalue weighted by molar-refractivity contribution is 5.40. The zero-order valence-corrected chi connectivity index (χ0v) is 11.7. The second-order valence-corrected chi connectivity index (χ2v) is 5.74. The average Bonchev–Trinajstić information content (AvgIpc) is 2.69. The van der Waals surface area contributed by atoms with Crippen LogP contribution in [0, 0.1) is 5.92 Å². The topological polar surface area (TPSA) is 52.5 Å². The molecule has 0 aliphatic heterocycles. The van der Waals surface area contributed by atoms with Crippen LogP contribution in [0.15, 0.2) is 18.2 Å². The third-order valence-corrected chi connectivity index (χ3v) is 4.27. The lowest BCUT2D eigenvalue weighted by molar-refractivity contribution is 0.336. The van der Waals surface area contributed by atoms with E-state index < -0.39 is 0 Å². The van der Waals surface area contributed by atoms with Gasteiger partial charge in [-0.25, -0.2) is 0 Å². The molecule has 106 valence electrons. The first-order valence-electron chi connectivity index (χ1n) is 7.41. The minimum Gasteiger partial charge on any atom is -0.504 e. The van der Waals surface area contributed by atoms with Crippen LogP contribution in [-0.2, 0) is 6.54 Å². The van der Waals surface area contributed by atoms with Crippen LogP contribution in [0.2, 0.25) is 0 Å². The SMILES string of the molecule is C[C@@H](NCc1ccc(O)c(O)c1)C1CCCCCC1. The van der Waals surface area contributed by atoms with E-state index in [1.54, 1.807) is 12.1 Å². The van der Waals surface area contributed by atoms with E-state index >= 15 is 0 Å². The Bertz CT molecular complexity index is 398. The summed E-state index contributed by atoms with van der Waals surface area (Å²) in [7, 11) is 0. The van der Waals surface area contributed by atoms with Crippen molar-refractivity contribution < 1.29 is 10.2 Å². The molecule has 1 aliphatic carbocycles. The van der Waals surface area contributed by atoms with Gasteiger partial charge in [0, 0.05) is 12.6 Å². The Hall–Kier alpha value is -1.22. The molecule has 0 bridgehead atoms. The summed E-state index contributed by atoms with van der Waals surface area (Å²) < 4.78 is 0. The molecule has 1 aromatic carbocycles. The largest absolute Gasteiger partial charge is 0.504 e. The van der Waals surface area contributed by atoms with E-state index in [0.29, 0.717) is 6.04 Å². The van der Waals surface area contributed by atoms with E-state index in [1.165, 1.54) is 38.5 Å². The van der Waals surface area contributed by atoms with Crippen molar-refractivity contribution >= 4 is 0 Å². The predicted molar refractivity (Wildman–Crippen MR) is 77.3 cm³/mol. The summed E-state index contributed by atoms with van der Waals surface area (Å²) in [5.41, 5.74) is 1.01. The second kappa shape index (κ2) is 6.80. The van der Waals surface area contributed by atoms with Crippen LogP contribution in [0.3, 0.4) is 0 Å². The fraction of sp³-hybridized carbons (Fsp3) is 0.625. The summed E-state index contributed by atoms with van der Waals surface area (Å²) >= 11 is 0. The quantitative estimate of drug-likeness (QED) is 0.575. The van der Waals surface area contributed by atoms with Gasteiger partial charge in [-0.05, 0) is 43.4 Å². The van der Waals surface area contributed by atoms with Crippen molar-refractivity contribution in [3.8, 4) is 11.5 Å². The van der Waals surface area contributed by atoms with E-state index in [4.69, 9.17) is 0 Å². The smallest absolute Gasteiger partial charge is 0.157 e. The minimum atomic E-state index is -0.0550. The van der Waals surface area contributed by atoms with Crippen molar-refractivity contribution in [1.29, 1.82) is 0 Å². The molecule has 2 rings (SSSR count). The average molecular weight is 263 g/mol. The number of hydrogen-bond acceptors (Lipinski definition) is 3. The first-order valence-corrected chi connectivity index (χ1v) is 7.41. The Labute approximate surface area is 115 Å². The Morgan fingerprint density at radius 2 is 1.79 bits per heavy atom. The zero-order valence-electron chi connectivity index (χ0n) is 11.7. The molecule has 3 heteroatoms. The molecule has 0 radical (unpaired) electrons. The molecule has 3 nitrogen and oxygen atoms in total. The van der Waals surface area contributed by atoms with Crippen molar-refractivity contribution in [2.24, 2.45) is 5.92 Å². The molecular formula is C16H25NO2. The maximum absolute atomic E-state index is 9.47. The Morgan fingerprint density at radius 1 is 1.11 bits per heavy atom. The first-order chi connectivity index (χ1) is 9.16. The molecule has 0 aromatic heterocycles. The molecule has 19 heavy (non-hydrogen) atoms. The van der Waals surface area contributed by atoms with E-state index in [-0.39, 0.29) is 11.5 Å². The second-order valence-electron chi connectivity index (χ2n) is 5.74. The standard InChI is InChI=1S/C16H25NO2/c1-12(14-6-4-2-3-5-7-14)17-11-13-8-9-15(18)16(19)10-13/h8-10,12,14,17-19H,2-7,11H2,1H3/t12-/m1/s1. The summed E-state index contributed by atoms with van der Waals surface area (Å²) in [5.74, 6) is 0.676. The van der Waals surface area contributed by atoms with Crippen molar-refractivity contribution in [2.75, 3.05) is 0 Å². The van der Waals surface area contributed by atoms with Gasteiger partial charge in [0.25, 0.3) is 0 Å². The molecule has 0 unspecified atom stereocenters. The Balaban J connectivity index is 1.84. The minimum absolute atomic E-state index is 0.0404. The van der Waals surface area contributed by atoms with Gasteiger partial charge < -0.3 is 15.5 Å². The molecule has 0 amide bonds. The van der Waals surface area contributed by atoms with Crippen molar-refractivity contribution in [2.45, 2.75) is 58.0 Å². The summed E-state index contributed by atoms with van der Waals surface area (Å²) in [6, 6.07) is 5.53. The van der Waals surface area contributed by atoms with Crippen LogP contribution < -0.4 is 5.32 Å². The summed E-state index contributed by atoms with van der Waals surface area (Å²) in [6.07, 6.45) is 8.14. The molecule has 1 aromatic rings. The number of phenolic OH excluding ortho intramolecular Hbond substituents is 2. The molecule has 1 saturated carbocycles. The predicted octanol–water partition coefficient (Wildman–Crippen LogP) is 3.55. The van der Waals surface area contributed by atoms with Crippen LogP contribution in [0.25, 0.3) is 0 Å². The number of hydrogen-bond donors (Lipinski definition) is 3. The van der Waals surface area contributed by atoms with Crippen LogP contribution >= 0.6 is 0 Å². The van der Waals surface area contributed by atoms with Gasteiger partial charge in [0.05, 0.1) is 0 Å². The van der Waals surface area contributed by atoms with Crippen LogP contribution in [0.4, 0.5) is 0 Å². The van der Waals surface area contributed by atoms with E-state index in [0.717, 1.165) is 18.0 Å². The number of benzene rings is 1. The fourth-order valence-corrected chi connectivity index (χ4v) is 2.94. The van der Waals surface area contributed by atoms with Gasteiger partial charge in [0.1, 0.15) is 0 Å². The maximum atomic E-state index is 9.47. The molecule has 0 saturated heterocycles. The van der Waals surface area contributed by atoms with Gasteiger partial charge in [0.2, 0.25) is 0 Å². The highest BCUT2D eigenvalue weighted by Crippen LogP contribution is 2.27. The molecule has 3 N–H and O–H groups in total. The zero-order chi connectivity index (χ0) is 13.7. The number of rotatable bonds is 4. The van der Waals surface area contributed by atoms with Gasteiger partial charge in [-0.2, -0.15) is 0 Å². The third kappa shape index (κ3) is 4.13. The van der Waals surface area contributed by atoms with Crippen LogP contribution in [0.1, 0.15) is 51.0 Å². The number of phenols is 2. The van der Waals surface area contributed by atoms with Gasteiger partial charge in [-0.15, -0.1) is 0 Å². The van der Waals surface area contributed by atoms with E-state index in [9.17, 15) is 10.2 Å². The summed E-state index contributed by atoms with van der Waals surface area (Å²) in [4.78, 5) is 0. The van der Waals surface area contributed by atoms with E-state index in [1.807, 2.05) is 6.07 Å². The molecule has 0 spiro atoms. The number of nitrogens with one attached hydrogen (secondary N) is 1. The molecular weight excluding hydrogens is 238 g/mol. The highest BCUT2D eigenvalue weighted by Gasteiger charge is 2.18. The van der Waals surface area contributed by atoms with Crippen molar-refractivity contribution in [3.63, 3.8) is 0 Å². The lowest BCUT2D eigenvalue weighted by Crippen LogP contribution is -2.32. The Morgan fingerprint density at radius 3 is 2.42 bits per heavy atom. The summed E-state index contributed by atoms with van der Waals surface area (Å²) in [5, 5.41) is 22.3. The molecule has 1 atom stereocenters. The van der Waals surface area contributed by atoms with Gasteiger partial charge in [-0.3, -0.25) is 0 Å². The molecule has 0 heterocycles. The van der Waals surface area contributed by atoms with Crippen LogP contribution in [-0.4, -0.2) is 16.3 Å². The van der Waals surface area contributed by atoms with Crippen molar-refractivity contribution in [1.82, 2.24) is 5.32 Å². The van der Waals surface area contributed by atoms with Gasteiger partial charge >= 0.3 is 0 Å². The molecule has 1 fully saturated rings. The van der Waals surface area contributed by atoms with E-state index in [2.05, 4.69) is 12.2 Å². The normalized spacial score (nSPS) is 19.0. The van der Waals surface area contributed by atoms with Crippen LogP contribution in [0.5, 0.6) is 11.5 Å². The van der Waals surface area contributed by atoms with Crippen molar-refractivity contribution in [3.05, 3.63) is 23.8 Å². The third-order valence-electron chi connectivity index (χ3n) is 4.27. The van der Waals surface area contributed by atoms with Gasteiger partial charge in [-0.1, -0.05) is 31.7 Å². The lowest BCUT2D eigenvalue weighted by Gasteiger charge is -2.23. The first kappa shape index (κ1) is 14.2. The Kier molecular flexibility index (Phi) is 5.08. The molecule has 1 aliphatic rings.